The summed E-state index contributed by atoms with van der Waals surface area (Å²) >= 11 is 8.99. The van der Waals surface area contributed by atoms with Crippen LogP contribution >= 0.6 is 34.3 Å². The lowest BCUT2D eigenvalue weighted by Crippen LogP contribution is -2.32. The summed E-state index contributed by atoms with van der Waals surface area (Å²) in [5.74, 6) is 1.33. The fourth-order valence-electron chi connectivity index (χ4n) is 3.08. The summed E-state index contributed by atoms with van der Waals surface area (Å²) < 4.78 is 7.96. The third-order valence-electron chi connectivity index (χ3n) is 4.53. The Labute approximate surface area is 187 Å². The molecule has 4 rings (SSSR count). The zero-order valence-electron chi connectivity index (χ0n) is 16.3. The fraction of sp³-hybridized carbons (Fsp3) is 0.190. The maximum atomic E-state index is 12.9. The van der Waals surface area contributed by atoms with Crippen molar-refractivity contribution in [3.05, 3.63) is 75.6 Å². The maximum absolute atomic E-state index is 12.9. The van der Waals surface area contributed by atoms with Gasteiger partial charge >= 0.3 is 0 Å². The molecule has 9 heteroatoms. The quantitative estimate of drug-likeness (QED) is 0.435. The van der Waals surface area contributed by atoms with Crippen LogP contribution in [0.2, 0.25) is 4.34 Å². The van der Waals surface area contributed by atoms with Crippen LogP contribution in [0.5, 0.6) is 5.75 Å². The summed E-state index contributed by atoms with van der Waals surface area (Å²) in [5.41, 5.74) is 1.62. The number of aromatic nitrogens is 3. The molecule has 0 fully saturated rings. The van der Waals surface area contributed by atoms with Gasteiger partial charge in [0.15, 0.2) is 0 Å². The second-order valence-electron chi connectivity index (χ2n) is 6.60. The number of halogens is 1. The molecule has 0 spiro atoms. The number of rotatable bonds is 7. The lowest BCUT2D eigenvalue weighted by molar-refractivity contribution is -0.121. The Kier molecular flexibility index (Phi) is 6.17. The van der Waals surface area contributed by atoms with Gasteiger partial charge in [0.1, 0.15) is 22.6 Å². The fourth-order valence-corrected chi connectivity index (χ4v) is 5.02. The molecule has 0 saturated carbocycles. The third kappa shape index (κ3) is 4.56. The highest BCUT2D eigenvalue weighted by Crippen LogP contribution is 2.33. The molecular weight excluding hydrogens is 440 g/mol. The van der Waals surface area contributed by atoms with Gasteiger partial charge in [-0.15, -0.1) is 22.7 Å². The van der Waals surface area contributed by atoms with Crippen LogP contribution in [-0.2, 0) is 18.3 Å². The largest absolute Gasteiger partial charge is 0.497 e. The zero-order chi connectivity index (χ0) is 21.1. The first-order valence-corrected chi connectivity index (χ1v) is 11.2. The van der Waals surface area contributed by atoms with Crippen molar-refractivity contribution in [2.24, 2.45) is 7.05 Å². The zero-order valence-corrected chi connectivity index (χ0v) is 18.7. The molecule has 1 amide bonds. The number of hydrogen-bond donors (Lipinski definition) is 1. The van der Waals surface area contributed by atoms with Crippen LogP contribution in [-0.4, -0.2) is 27.6 Å². The normalized spacial score (nSPS) is 12.0. The number of ether oxygens (including phenoxy) is 1. The lowest BCUT2D eigenvalue weighted by atomic mass is 10.1. The summed E-state index contributed by atoms with van der Waals surface area (Å²) in [7, 11) is 3.52. The van der Waals surface area contributed by atoms with Crippen LogP contribution in [0.1, 0.15) is 23.1 Å². The molecule has 0 bridgehead atoms. The van der Waals surface area contributed by atoms with E-state index in [1.165, 1.54) is 22.7 Å². The van der Waals surface area contributed by atoms with Gasteiger partial charge in [-0.25, -0.2) is 9.97 Å². The van der Waals surface area contributed by atoms with Crippen LogP contribution in [0, 0.1) is 0 Å². The molecule has 0 saturated heterocycles. The highest BCUT2D eigenvalue weighted by atomic mass is 35.5. The number of hydrogen-bond acceptors (Lipinski definition) is 6. The second-order valence-corrected chi connectivity index (χ2v) is 9.17. The first-order chi connectivity index (χ1) is 14.5. The number of nitrogens with one attached hydrogen (secondary N) is 1. The van der Waals surface area contributed by atoms with E-state index < -0.39 is 6.04 Å². The first kappa shape index (κ1) is 20.6. The minimum atomic E-state index is -0.401. The third-order valence-corrected chi connectivity index (χ3v) is 6.82. The molecule has 1 atom stereocenters. The van der Waals surface area contributed by atoms with E-state index in [1.807, 2.05) is 59.6 Å². The Morgan fingerprint density at radius 3 is 2.90 bits per heavy atom. The molecule has 1 unspecified atom stereocenters. The van der Waals surface area contributed by atoms with Gasteiger partial charge in [0, 0.05) is 24.8 Å². The molecule has 0 radical (unpaired) electrons. The minimum Gasteiger partial charge on any atom is -0.497 e. The SMILES string of the molecule is COc1cccc(C(NC(=O)Cc2csc(-c3ccc(Cl)s3)n2)c2nccn2C)c1. The predicted octanol–water partition coefficient (Wildman–Crippen LogP) is 4.72. The van der Waals surface area contributed by atoms with Crippen molar-refractivity contribution in [2.75, 3.05) is 7.11 Å². The van der Waals surface area contributed by atoms with Crippen LogP contribution in [0.25, 0.3) is 9.88 Å². The number of carbonyl (C=O) groups is 1. The Balaban J connectivity index is 1.54. The molecule has 30 heavy (non-hydrogen) atoms. The van der Waals surface area contributed by atoms with E-state index in [9.17, 15) is 4.79 Å². The smallest absolute Gasteiger partial charge is 0.226 e. The van der Waals surface area contributed by atoms with Crippen molar-refractivity contribution in [3.63, 3.8) is 0 Å². The van der Waals surface area contributed by atoms with Crippen molar-refractivity contribution in [3.8, 4) is 15.6 Å². The van der Waals surface area contributed by atoms with Gasteiger partial charge in [0.2, 0.25) is 5.91 Å². The Hall–Kier alpha value is -2.68. The number of benzene rings is 1. The van der Waals surface area contributed by atoms with Gasteiger partial charge in [-0.3, -0.25) is 4.79 Å². The molecule has 3 aromatic heterocycles. The van der Waals surface area contributed by atoms with Gasteiger partial charge in [0.05, 0.1) is 28.4 Å². The number of imidazole rings is 1. The Morgan fingerprint density at radius 1 is 1.33 bits per heavy atom. The van der Waals surface area contributed by atoms with E-state index in [1.54, 1.807) is 13.3 Å². The van der Waals surface area contributed by atoms with Crippen molar-refractivity contribution in [2.45, 2.75) is 12.5 Å². The summed E-state index contributed by atoms with van der Waals surface area (Å²) in [6.45, 7) is 0. The average Bonchev–Trinajstić information content (AvgIpc) is 3.48. The van der Waals surface area contributed by atoms with Crippen LogP contribution in [0.3, 0.4) is 0 Å². The van der Waals surface area contributed by atoms with Crippen LogP contribution in [0.4, 0.5) is 0 Å². The minimum absolute atomic E-state index is 0.133. The van der Waals surface area contributed by atoms with Crippen molar-refractivity contribution in [1.82, 2.24) is 19.9 Å². The predicted molar refractivity (Wildman–Crippen MR) is 120 cm³/mol. The highest BCUT2D eigenvalue weighted by Gasteiger charge is 2.22. The van der Waals surface area contributed by atoms with E-state index >= 15 is 0 Å². The molecule has 0 aliphatic heterocycles. The number of thiophene rings is 1. The molecule has 154 valence electrons. The lowest BCUT2D eigenvalue weighted by Gasteiger charge is -2.19. The molecule has 6 nitrogen and oxygen atoms in total. The molecule has 3 heterocycles. The van der Waals surface area contributed by atoms with Crippen molar-refractivity contribution < 1.29 is 9.53 Å². The topological polar surface area (TPSA) is 69.0 Å². The summed E-state index contributed by atoms with van der Waals surface area (Å²) in [6.07, 6.45) is 3.75. The van der Waals surface area contributed by atoms with E-state index in [-0.39, 0.29) is 12.3 Å². The summed E-state index contributed by atoms with van der Waals surface area (Å²) in [6, 6.07) is 11.0. The molecular formula is C21H19ClN4O2S2. The number of carbonyl (C=O) groups excluding carboxylic acids is 1. The number of amides is 1. The number of methoxy groups -OCH3 is 1. The van der Waals surface area contributed by atoms with Crippen LogP contribution < -0.4 is 10.1 Å². The standard InChI is InChI=1S/C21H19ClN4O2S2/c1-26-9-8-23-20(26)19(13-4-3-5-15(10-13)28-2)25-18(27)11-14-12-29-21(24-14)16-6-7-17(22)30-16/h3-10,12,19H,11H2,1-2H3,(H,25,27). The van der Waals surface area contributed by atoms with Gasteiger partial charge < -0.3 is 14.6 Å². The molecule has 0 aliphatic carbocycles. The van der Waals surface area contributed by atoms with Gasteiger partial charge in [0.25, 0.3) is 0 Å². The second kappa shape index (κ2) is 8.99. The van der Waals surface area contributed by atoms with Gasteiger partial charge in [-0.1, -0.05) is 23.7 Å². The monoisotopic (exact) mass is 458 g/mol. The van der Waals surface area contributed by atoms with Crippen molar-refractivity contribution >= 4 is 40.2 Å². The number of thiazole rings is 1. The number of nitrogens with zero attached hydrogens (tertiary/aromatic N) is 3. The first-order valence-electron chi connectivity index (χ1n) is 9.14. The molecule has 0 aliphatic rings. The van der Waals surface area contributed by atoms with Crippen LogP contribution in [0.15, 0.2) is 54.2 Å². The molecule has 1 aromatic carbocycles. The van der Waals surface area contributed by atoms with E-state index in [0.717, 1.165) is 37.1 Å². The average molecular weight is 459 g/mol. The van der Waals surface area contributed by atoms with E-state index in [2.05, 4.69) is 15.3 Å². The Bertz CT molecular complexity index is 1170. The number of aryl methyl sites for hydroxylation is 1. The summed E-state index contributed by atoms with van der Waals surface area (Å²) in [5, 5.41) is 5.87. The van der Waals surface area contributed by atoms with E-state index in [0.29, 0.717) is 0 Å². The van der Waals surface area contributed by atoms with Gasteiger partial charge in [-0.2, -0.15) is 0 Å². The molecule has 4 aromatic rings. The summed E-state index contributed by atoms with van der Waals surface area (Å²) in [4.78, 5) is 22.9. The molecule has 1 N–H and O–H groups in total. The highest BCUT2D eigenvalue weighted by molar-refractivity contribution is 7.23. The maximum Gasteiger partial charge on any atom is 0.226 e. The van der Waals surface area contributed by atoms with Crippen molar-refractivity contribution in [1.29, 1.82) is 0 Å². The van der Waals surface area contributed by atoms with Gasteiger partial charge in [-0.05, 0) is 29.8 Å². The Morgan fingerprint density at radius 2 is 2.20 bits per heavy atom. The van der Waals surface area contributed by atoms with E-state index in [4.69, 9.17) is 16.3 Å².